The van der Waals surface area contributed by atoms with Gasteiger partial charge in [-0.3, -0.25) is 4.79 Å². The van der Waals surface area contributed by atoms with Gasteiger partial charge in [0.15, 0.2) is 0 Å². The van der Waals surface area contributed by atoms with E-state index in [1.807, 2.05) is 18.2 Å². The Kier molecular flexibility index (Phi) is 3.63. The molecule has 1 aliphatic heterocycles. The van der Waals surface area contributed by atoms with E-state index < -0.39 is 0 Å². The van der Waals surface area contributed by atoms with Crippen LogP contribution in [0.1, 0.15) is 17.0 Å². The minimum Gasteiger partial charge on any atom is -0.325 e. The molecule has 1 atom stereocenters. The van der Waals surface area contributed by atoms with Crippen LogP contribution in [0.4, 0.5) is 5.69 Å². The van der Waals surface area contributed by atoms with Crippen molar-refractivity contribution in [1.29, 1.82) is 0 Å². The lowest BCUT2D eigenvalue weighted by Crippen LogP contribution is -2.14. The topological polar surface area (TPSA) is 29.1 Å². The first kappa shape index (κ1) is 13.7. The fourth-order valence-corrected chi connectivity index (χ4v) is 3.33. The third kappa shape index (κ3) is 2.51. The number of hydrogen-bond donors (Lipinski definition) is 1. The molecule has 0 saturated heterocycles. The summed E-state index contributed by atoms with van der Waals surface area (Å²) >= 11 is 18.2. The van der Waals surface area contributed by atoms with Gasteiger partial charge in [-0.25, -0.2) is 0 Å². The van der Waals surface area contributed by atoms with Crippen LogP contribution < -0.4 is 5.32 Å². The maximum Gasteiger partial charge on any atom is 0.232 e. The summed E-state index contributed by atoms with van der Waals surface area (Å²) in [5.74, 6) is -0.377. The Morgan fingerprint density at radius 3 is 2.60 bits per heavy atom. The van der Waals surface area contributed by atoms with E-state index in [0.717, 1.165) is 11.1 Å². The molecule has 3 rings (SSSR count). The number of halogens is 3. The summed E-state index contributed by atoms with van der Waals surface area (Å²) in [4.78, 5) is 12.1. The molecule has 1 heterocycles. The van der Waals surface area contributed by atoms with Crippen molar-refractivity contribution in [2.75, 3.05) is 5.32 Å². The van der Waals surface area contributed by atoms with E-state index in [4.69, 9.17) is 34.8 Å². The smallest absolute Gasteiger partial charge is 0.232 e. The molecular weight excluding hydrogens is 317 g/mol. The zero-order chi connectivity index (χ0) is 14.3. The van der Waals surface area contributed by atoms with Crippen LogP contribution in [0, 0.1) is 0 Å². The highest BCUT2D eigenvalue weighted by Gasteiger charge is 2.33. The van der Waals surface area contributed by atoms with Gasteiger partial charge in [-0.2, -0.15) is 0 Å². The van der Waals surface area contributed by atoms with E-state index in [9.17, 15) is 4.79 Å². The number of carbonyl (C=O) groups is 1. The molecule has 2 aromatic carbocycles. The van der Waals surface area contributed by atoms with Crippen LogP contribution in [0.25, 0.3) is 0 Å². The Bertz CT molecular complexity index is 700. The average molecular weight is 327 g/mol. The number of amides is 1. The molecule has 0 bridgehead atoms. The summed E-state index contributed by atoms with van der Waals surface area (Å²) in [7, 11) is 0. The van der Waals surface area contributed by atoms with Gasteiger partial charge in [-0.1, -0.05) is 46.9 Å². The van der Waals surface area contributed by atoms with Crippen molar-refractivity contribution in [3.8, 4) is 0 Å². The summed E-state index contributed by atoms with van der Waals surface area (Å²) in [6, 6.07) is 10.9. The fraction of sp³-hybridized carbons (Fsp3) is 0.133. The normalized spacial score (nSPS) is 16.9. The van der Waals surface area contributed by atoms with Gasteiger partial charge in [-0.05, 0) is 36.2 Å². The maximum atomic E-state index is 12.1. The Morgan fingerprint density at radius 1 is 1.05 bits per heavy atom. The van der Waals surface area contributed by atoms with Crippen LogP contribution >= 0.6 is 34.8 Å². The van der Waals surface area contributed by atoms with E-state index in [0.29, 0.717) is 27.2 Å². The summed E-state index contributed by atoms with van der Waals surface area (Å²) < 4.78 is 0. The van der Waals surface area contributed by atoms with Gasteiger partial charge in [0.2, 0.25) is 5.91 Å². The SMILES string of the molecule is O=C1Nc2cc(Cl)cc(Cl)c2C1Cc1cccc(Cl)c1. The average Bonchev–Trinajstić information content (AvgIpc) is 2.65. The lowest BCUT2D eigenvalue weighted by atomic mass is 9.93. The zero-order valence-electron chi connectivity index (χ0n) is 10.3. The van der Waals surface area contributed by atoms with Crippen molar-refractivity contribution in [2.24, 2.45) is 0 Å². The number of anilines is 1. The van der Waals surface area contributed by atoms with Crippen LogP contribution in [0.3, 0.4) is 0 Å². The Labute approximate surface area is 131 Å². The molecule has 2 aromatic rings. The molecule has 0 spiro atoms. The molecule has 2 nitrogen and oxygen atoms in total. The summed E-state index contributed by atoms with van der Waals surface area (Å²) in [5, 5.41) is 4.50. The fourth-order valence-electron chi connectivity index (χ4n) is 2.49. The van der Waals surface area contributed by atoms with Crippen LogP contribution in [0.5, 0.6) is 0 Å². The maximum absolute atomic E-state index is 12.1. The van der Waals surface area contributed by atoms with Crippen molar-refractivity contribution in [3.63, 3.8) is 0 Å². The standard InChI is InChI=1S/C15H10Cl3NO/c16-9-3-1-2-8(4-9)5-11-14-12(18)6-10(17)7-13(14)19-15(11)20/h1-4,6-7,11H,5H2,(H,19,20). The number of hydrogen-bond acceptors (Lipinski definition) is 1. The van der Waals surface area contributed by atoms with E-state index in [1.165, 1.54) is 0 Å². The van der Waals surface area contributed by atoms with Gasteiger partial charge < -0.3 is 5.32 Å². The zero-order valence-corrected chi connectivity index (χ0v) is 12.6. The molecule has 1 N–H and O–H groups in total. The van der Waals surface area contributed by atoms with Gasteiger partial charge in [0.1, 0.15) is 0 Å². The predicted octanol–water partition coefficient (Wildman–Crippen LogP) is 4.93. The highest BCUT2D eigenvalue weighted by Crippen LogP contribution is 2.41. The Hall–Kier alpha value is -1.22. The van der Waals surface area contributed by atoms with Gasteiger partial charge in [0.05, 0.1) is 5.92 Å². The molecule has 1 amide bonds. The van der Waals surface area contributed by atoms with E-state index in [1.54, 1.807) is 18.2 Å². The highest BCUT2D eigenvalue weighted by molar-refractivity contribution is 6.36. The minimum absolute atomic E-state index is 0.0656. The molecule has 0 fully saturated rings. The van der Waals surface area contributed by atoms with Crippen molar-refractivity contribution < 1.29 is 4.79 Å². The first-order valence-electron chi connectivity index (χ1n) is 6.09. The Morgan fingerprint density at radius 2 is 1.85 bits per heavy atom. The number of benzene rings is 2. The monoisotopic (exact) mass is 325 g/mol. The molecule has 1 aliphatic rings. The number of nitrogens with one attached hydrogen (secondary N) is 1. The summed E-state index contributed by atoms with van der Waals surface area (Å²) in [5.41, 5.74) is 2.50. The van der Waals surface area contributed by atoms with Crippen LogP contribution in [0.15, 0.2) is 36.4 Å². The first-order valence-corrected chi connectivity index (χ1v) is 7.22. The second-order valence-corrected chi connectivity index (χ2v) is 6.00. The number of fused-ring (bicyclic) bond motifs is 1. The quantitative estimate of drug-likeness (QED) is 0.833. The largest absolute Gasteiger partial charge is 0.325 e. The second kappa shape index (κ2) is 5.28. The third-order valence-corrected chi connectivity index (χ3v) is 4.11. The molecular formula is C15H10Cl3NO. The van der Waals surface area contributed by atoms with Crippen molar-refractivity contribution in [2.45, 2.75) is 12.3 Å². The molecule has 0 saturated carbocycles. The molecule has 0 aromatic heterocycles. The lowest BCUT2D eigenvalue weighted by molar-refractivity contribution is -0.117. The van der Waals surface area contributed by atoms with Crippen molar-refractivity contribution in [1.82, 2.24) is 0 Å². The van der Waals surface area contributed by atoms with Crippen LogP contribution in [0.2, 0.25) is 15.1 Å². The first-order chi connectivity index (χ1) is 9.54. The van der Waals surface area contributed by atoms with E-state index >= 15 is 0 Å². The van der Waals surface area contributed by atoms with Gasteiger partial charge >= 0.3 is 0 Å². The molecule has 102 valence electrons. The second-order valence-electron chi connectivity index (χ2n) is 4.72. The molecule has 1 unspecified atom stereocenters. The van der Waals surface area contributed by atoms with Gasteiger partial charge in [-0.15, -0.1) is 0 Å². The van der Waals surface area contributed by atoms with Crippen molar-refractivity contribution >= 4 is 46.4 Å². The van der Waals surface area contributed by atoms with E-state index in [-0.39, 0.29) is 11.8 Å². The summed E-state index contributed by atoms with van der Waals surface area (Å²) in [6.45, 7) is 0. The predicted molar refractivity (Wildman–Crippen MR) is 83.0 cm³/mol. The number of rotatable bonds is 2. The number of carbonyl (C=O) groups excluding carboxylic acids is 1. The molecule has 20 heavy (non-hydrogen) atoms. The van der Waals surface area contributed by atoms with Gasteiger partial charge in [0, 0.05) is 26.3 Å². The molecule has 0 aliphatic carbocycles. The molecule has 5 heteroatoms. The lowest BCUT2D eigenvalue weighted by Gasteiger charge is -2.11. The van der Waals surface area contributed by atoms with Crippen LogP contribution in [-0.2, 0) is 11.2 Å². The van der Waals surface area contributed by atoms with E-state index in [2.05, 4.69) is 5.32 Å². The third-order valence-electron chi connectivity index (χ3n) is 3.35. The van der Waals surface area contributed by atoms with Crippen LogP contribution in [-0.4, -0.2) is 5.91 Å². The highest BCUT2D eigenvalue weighted by atomic mass is 35.5. The summed E-state index contributed by atoms with van der Waals surface area (Å²) in [6.07, 6.45) is 0.556. The van der Waals surface area contributed by atoms with Gasteiger partial charge in [0.25, 0.3) is 0 Å². The molecule has 0 radical (unpaired) electrons. The Balaban J connectivity index is 1.98. The minimum atomic E-state index is -0.312. The van der Waals surface area contributed by atoms with Crippen molar-refractivity contribution in [3.05, 3.63) is 62.6 Å².